The van der Waals surface area contributed by atoms with E-state index in [-0.39, 0.29) is 11.3 Å². The summed E-state index contributed by atoms with van der Waals surface area (Å²) in [5.74, 6) is -0.301. The fourth-order valence-corrected chi connectivity index (χ4v) is 1.95. The summed E-state index contributed by atoms with van der Waals surface area (Å²) in [5.41, 5.74) is 0.755. The molecular formula is C14H9BrF3NO2. The van der Waals surface area contributed by atoms with Crippen LogP contribution in [0.4, 0.5) is 13.2 Å². The van der Waals surface area contributed by atoms with E-state index in [9.17, 15) is 18.0 Å². The first kappa shape index (κ1) is 15.4. The molecule has 110 valence electrons. The van der Waals surface area contributed by atoms with E-state index in [4.69, 9.17) is 0 Å². The van der Waals surface area contributed by atoms with Crippen LogP contribution >= 0.6 is 15.9 Å². The first-order chi connectivity index (χ1) is 9.83. The number of alkyl halides is 3. The highest BCUT2D eigenvalue weighted by Crippen LogP contribution is 2.24. The van der Waals surface area contributed by atoms with Crippen molar-refractivity contribution >= 4 is 28.1 Å². The largest absolute Gasteiger partial charge is 0.573 e. The summed E-state index contributed by atoms with van der Waals surface area (Å²) in [6.07, 6.45) is -1.58. The SMILES string of the molecule is O=c1ccc(Br)c(/C=C/c2cccc(OC(F)(F)F)c2)[nH]1. The Balaban J connectivity index is 2.23. The van der Waals surface area contributed by atoms with Gasteiger partial charge in [0, 0.05) is 10.5 Å². The van der Waals surface area contributed by atoms with E-state index in [1.165, 1.54) is 24.3 Å². The van der Waals surface area contributed by atoms with E-state index in [1.54, 1.807) is 24.3 Å². The number of hydrogen-bond donors (Lipinski definition) is 1. The molecule has 1 aromatic carbocycles. The second-order valence-electron chi connectivity index (χ2n) is 4.04. The fraction of sp³-hybridized carbons (Fsp3) is 0.0714. The third-order valence-electron chi connectivity index (χ3n) is 2.43. The Hall–Kier alpha value is -2.02. The summed E-state index contributed by atoms with van der Waals surface area (Å²) in [5, 5.41) is 0. The molecule has 0 bridgehead atoms. The lowest BCUT2D eigenvalue weighted by atomic mass is 10.2. The minimum Gasteiger partial charge on any atom is -0.406 e. The number of pyridine rings is 1. The Morgan fingerprint density at radius 2 is 1.90 bits per heavy atom. The number of ether oxygens (including phenoxy) is 1. The van der Waals surface area contributed by atoms with Crippen LogP contribution in [0.2, 0.25) is 0 Å². The van der Waals surface area contributed by atoms with E-state index in [0.717, 1.165) is 0 Å². The molecular weight excluding hydrogens is 351 g/mol. The second-order valence-corrected chi connectivity index (χ2v) is 4.89. The van der Waals surface area contributed by atoms with E-state index in [0.29, 0.717) is 15.7 Å². The first-order valence-corrected chi connectivity index (χ1v) is 6.55. The molecule has 3 nitrogen and oxygen atoms in total. The second kappa shape index (κ2) is 6.17. The van der Waals surface area contributed by atoms with Crippen LogP contribution in [0.5, 0.6) is 5.75 Å². The van der Waals surface area contributed by atoms with Gasteiger partial charge in [-0.05, 0) is 45.8 Å². The Kier molecular flexibility index (Phi) is 4.52. The summed E-state index contributed by atoms with van der Waals surface area (Å²) in [7, 11) is 0. The average Bonchev–Trinajstić information content (AvgIpc) is 2.38. The van der Waals surface area contributed by atoms with Crippen LogP contribution in [0.1, 0.15) is 11.3 Å². The Bertz CT molecular complexity index is 723. The number of nitrogens with one attached hydrogen (secondary N) is 1. The van der Waals surface area contributed by atoms with Gasteiger partial charge in [0.25, 0.3) is 0 Å². The van der Waals surface area contributed by atoms with E-state index in [1.807, 2.05) is 0 Å². The van der Waals surface area contributed by atoms with Crippen molar-refractivity contribution in [1.29, 1.82) is 0 Å². The molecule has 0 unspecified atom stereocenters. The molecule has 2 rings (SSSR count). The van der Waals surface area contributed by atoms with Crippen molar-refractivity contribution < 1.29 is 17.9 Å². The average molecular weight is 360 g/mol. The predicted molar refractivity (Wildman–Crippen MR) is 76.8 cm³/mol. The smallest absolute Gasteiger partial charge is 0.406 e. The number of rotatable bonds is 3. The molecule has 0 radical (unpaired) electrons. The van der Waals surface area contributed by atoms with Crippen molar-refractivity contribution in [3.05, 3.63) is 62.5 Å². The standard InChI is InChI=1S/C14H9BrF3NO2/c15-11-5-7-13(20)19-12(11)6-4-9-2-1-3-10(8-9)21-14(16,17)18/h1-8H,(H,19,20)/b6-4+. The third-order valence-corrected chi connectivity index (χ3v) is 3.12. The van der Waals surface area contributed by atoms with Gasteiger partial charge >= 0.3 is 6.36 Å². The van der Waals surface area contributed by atoms with Crippen molar-refractivity contribution in [2.24, 2.45) is 0 Å². The molecule has 0 spiro atoms. The number of aromatic nitrogens is 1. The highest BCUT2D eigenvalue weighted by molar-refractivity contribution is 9.10. The van der Waals surface area contributed by atoms with Crippen LogP contribution in [0.25, 0.3) is 12.2 Å². The predicted octanol–water partition coefficient (Wildman–Crippen LogP) is 4.21. The molecule has 0 amide bonds. The molecule has 0 aliphatic heterocycles. The van der Waals surface area contributed by atoms with Crippen molar-refractivity contribution in [1.82, 2.24) is 4.98 Å². The van der Waals surface area contributed by atoms with Gasteiger partial charge in [-0.2, -0.15) is 0 Å². The van der Waals surface area contributed by atoms with Crippen molar-refractivity contribution in [2.45, 2.75) is 6.36 Å². The van der Waals surface area contributed by atoms with Gasteiger partial charge in [0.05, 0.1) is 5.69 Å². The zero-order valence-corrected chi connectivity index (χ0v) is 12.0. The van der Waals surface area contributed by atoms with E-state index < -0.39 is 6.36 Å². The Morgan fingerprint density at radius 3 is 2.62 bits per heavy atom. The molecule has 1 heterocycles. The molecule has 0 aliphatic rings. The Labute approximate surface area is 126 Å². The molecule has 21 heavy (non-hydrogen) atoms. The van der Waals surface area contributed by atoms with Crippen LogP contribution in [-0.4, -0.2) is 11.3 Å². The van der Waals surface area contributed by atoms with E-state index in [2.05, 4.69) is 25.7 Å². The van der Waals surface area contributed by atoms with Gasteiger partial charge < -0.3 is 9.72 Å². The third kappa shape index (κ3) is 4.78. The molecule has 1 N–H and O–H groups in total. The maximum atomic E-state index is 12.1. The number of benzene rings is 1. The summed E-state index contributed by atoms with van der Waals surface area (Å²) in [4.78, 5) is 13.8. The molecule has 2 aromatic rings. The zero-order valence-electron chi connectivity index (χ0n) is 10.4. The molecule has 0 fully saturated rings. The maximum absolute atomic E-state index is 12.1. The summed E-state index contributed by atoms with van der Waals surface area (Å²) in [6.45, 7) is 0. The van der Waals surface area contributed by atoms with Gasteiger partial charge in [-0.3, -0.25) is 4.79 Å². The minimum absolute atomic E-state index is 0.271. The highest BCUT2D eigenvalue weighted by atomic mass is 79.9. The molecule has 0 aliphatic carbocycles. The van der Waals surface area contributed by atoms with Gasteiger partial charge in [0.1, 0.15) is 5.75 Å². The normalized spacial score (nSPS) is 11.8. The lowest BCUT2D eigenvalue weighted by Gasteiger charge is -2.08. The van der Waals surface area contributed by atoms with Gasteiger partial charge in [-0.1, -0.05) is 18.2 Å². The van der Waals surface area contributed by atoms with Crippen molar-refractivity contribution in [3.63, 3.8) is 0 Å². The monoisotopic (exact) mass is 359 g/mol. The van der Waals surface area contributed by atoms with Crippen molar-refractivity contribution in [2.75, 3.05) is 0 Å². The minimum atomic E-state index is -4.73. The molecule has 1 aromatic heterocycles. The molecule has 0 saturated carbocycles. The topological polar surface area (TPSA) is 42.1 Å². The zero-order chi connectivity index (χ0) is 15.5. The number of halogens is 4. The number of aromatic amines is 1. The quantitative estimate of drug-likeness (QED) is 0.891. The summed E-state index contributed by atoms with van der Waals surface area (Å²) >= 11 is 3.26. The van der Waals surface area contributed by atoms with E-state index >= 15 is 0 Å². The highest BCUT2D eigenvalue weighted by Gasteiger charge is 2.30. The summed E-state index contributed by atoms with van der Waals surface area (Å²) < 4.78 is 40.9. The van der Waals surface area contributed by atoms with Crippen LogP contribution in [0.15, 0.2) is 45.7 Å². The van der Waals surface area contributed by atoms with Gasteiger partial charge in [-0.25, -0.2) is 0 Å². The van der Waals surface area contributed by atoms with Crippen LogP contribution in [0.3, 0.4) is 0 Å². The summed E-state index contributed by atoms with van der Waals surface area (Å²) in [6, 6.07) is 8.48. The fourth-order valence-electron chi connectivity index (χ4n) is 1.59. The lowest BCUT2D eigenvalue weighted by molar-refractivity contribution is -0.274. The van der Waals surface area contributed by atoms with Crippen LogP contribution in [-0.2, 0) is 0 Å². The maximum Gasteiger partial charge on any atom is 0.573 e. The van der Waals surface area contributed by atoms with Crippen LogP contribution < -0.4 is 10.3 Å². The van der Waals surface area contributed by atoms with Gasteiger partial charge in [-0.15, -0.1) is 13.2 Å². The molecule has 0 atom stereocenters. The number of hydrogen-bond acceptors (Lipinski definition) is 2. The lowest BCUT2D eigenvalue weighted by Crippen LogP contribution is -2.17. The van der Waals surface area contributed by atoms with Crippen molar-refractivity contribution in [3.8, 4) is 5.75 Å². The van der Waals surface area contributed by atoms with Gasteiger partial charge in [0.2, 0.25) is 5.56 Å². The molecule has 0 saturated heterocycles. The molecule has 7 heteroatoms. The first-order valence-electron chi connectivity index (χ1n) is 5.76. The number of H-pyrrole nitrogens is 1. The van der Waals surface area contributed by atoms with Crippen LogP contribution in [0, 0.1) is 0 Å². The van der Waals surface area contributed by atoms with Gasteiger partial charge in [0.15, 0.2) is 0 Å². The Morgan fingerprint density at radius 1 is 1.14 bits per heavy atom.